The van der Waals surface area contributed by atoms with Crippen molar-refractivity contribution in [3.05, 3.63) is 223 Å². The maximum absolute atomic E-state index is 5.29. The van der Waals surface area contributed by atoms with Crippen LogP contribution in [-0.2, 0) is 0 Å². The number of hydrogen-bond acceptors (Lipinski definition) is 4. The Bertz CT molecular complexity index is 3380. The van der Waals surface area contributed by atoms with Crippen LogP contribution in [-0.4, -0.2) is 19.5 Å². The summed E-state index contributed by atoms with van der Waals surface area (Å²) in [6.07, 6.45) is 2.01. The monoisotopic (exact) mass is 824 g/mol. The van der Waals surface area contributed by atoms with Crippen LogP contribution < -0.4 is 0 Å². The van der Waals surface area contributed by atoms with E-state index in [1.807, 2.05) is 30.3 Å². The first-order valence-corrected chi connectivity index (χ1v) is 22.0. The van der Waals surface area contributed by atoms with Crippen LogP contribution in [0.3, 0.4) is 0 Å². The summed E-state index contributed by atoms with van der Waals surface area (Å²) >= 11 is 1.79. The Balaban J connectivity index is 1.19. The Morgan fingerprint density at radius 3 is 1.43 bits per heavy atom. The van der Waals surface area contributed by atoms with E-state index in [2.05, 4.69) is 200 Å². The second-order valence-corrected chi connectivity index (χ2v) is 16.7. The van der Waals surface area contributed by atoms with Gasteiger partial charge in [-0.15, -0.1) is 11.3 Å². The molecule has 0 amide bonds. The summed E-state index contributed by atoms with van der Waals surface area (Å²) in [6.45, 7) is 6.55. The van der Waals surface area contributed by atoms with Crippen molar-refractivity contribution in [2.24, 2.45) is 0 Å². The number of rotatable bonds is 9. The minimum Gasteiger partial charge on any atom is -0.312 e. The molecule has 0 spiro atoms. The lowest BCUT2D eigenvalue weighted by Gasteiger charge is -2.21. The van der Waals surface area contributed by atoms with E-state index in [-0.39, 0.29) is 0 Å². The molecule has 3 heterocycles. The Morgan fingerprint density at radius 2 is 0.857 bits per heavy atom. The van der Waals surface area contributed by atoms with E-state index >= 15 is 0 Å². The molecule has 4 nitrogen and oxygen atoms in total. The Kier molecular flexibility index (Phi) is 9.72. The number of para-hydroxylation sites is 1. The smallest absolute Gasteiger partial charge is 0.164 e. The van der Waals surface area contributed by atoms with Crippen LogP contribution in [0.4, 0.5) is 0 Å². The lowest BCUT2D eigenvalue weighted by atomic mass is 9.92. The van der Waals surface area contributed by atoms with Crippen LogP contribution in [0.25, 0.3) is 111 Å². The van der Waals surface area contributed by atoms with E-state index in [1.165, 1.54) is 31.5 Å². The fraction of sp³-hybridized carbons (Fsp3) is 0.0172. The zero-order chi connectivity index (χ0) is 42.3. The van der Waals surface area contributed by atoms with Gasteiger partial charge in [-0.05, 0) is 53.4 Å². The summed E-state index contributed by atoms with van der Waals surface area (Å²) in [5, 5.41) is 2.43. The maximum Gasteiger partial charge on any atom is 0.164 e. The molecule has 0 fully saturated rings. The summed E-state index contributed by atoms with van der Waals surface area (Å²) in [5.74, 6) is 1.83. The summed E-state index contributed by atoms with van der Waals surface area (Å²) in [5.41, 5.74) is 15.2. The van der Waals surface area contributed by atoms with E-state index in [9.17, 15) is 0 Å². The molecule has 0 aliphatic carbocycles. The summed E-state index contributed by atoms with van der Waals surface area (Å²) < 4.78 is 3.72. The van der Waals surface area contributed by atoms with Crippen LogP contribution in [0, 0.1) is 6.92 Å². The van der Waals surface area contributed by atoms with Gasteiger partial charge in [-0.1, -0.05) is 195 Å². The minimum absolute atomic E-state index is 0.599. The first kappa shape index (κ1) is 38.0. The highest BCUT2D eigenvalue weighted by molar-refractivity contribution is 7.20. The van der Waals surface area contributed by atoms with Gasteiger partial charge in [-0.2, -0.15) is 0 Å². The minimum atomic E-state index is 0.599. The van der Waals surface area contributed by atoms with Crippen molar-refractivity contribution in [2.45, 2.75) is 6.92 Å². The van der Waals surface area contributed by atoms with Crippen LogP contribution in [0.1, 0.15) is 10.6 Å². The lowest BCUT2D eigenvalue weighted by Crippen LogP contribution is -2.05. The molecule has 0 radical (unpaired) electrons. The average molecular weight is 825 g/mol. The van der Waals surface area contributed by atoms with Crippen molar-refractivity contribution < 1.29 is 0 Å². The van der Waals surface area contributed by atoms with Gasteiger partial charge in [0.05, 0.1) is 11.2 Å². The molecular formula is C58H40N4S. The van der Waals surface area contributed by atoms with Gasteiger partial charge in [0.2, 0.25) is 0 Å². The van der Waals surface area contributed by atoms with Gasteiger partial charge in [0, 0.05) is 65.0 Å². The zero-order valence-electron chi connectivity index (χ0n) is 34.6. The number of nitrogens with zero attached hydrogens (tertiary/aromatic N) is 4. The highest BCUT2D eigenvalue weighted by Crippen LogP contribution is 2.48. The Hall–Kier alpha value is -7.99. The highest BCUT2D eigenvalue weighted by Gasteiger charge is 2.26. The Morgan fingerprint density at radius 1 is 0.429 bits per heavy atom. The van der Waals surface area contributed by atoms with Gasteiger partial charge < -0.3 is 4.57 Å². The van der Waals surface area contributed by atoms with Crippen molar-refractivity contribution in [1.82, 2.24) is 19.5 Å². The SMILES string of the molecule is C=Cc1sc2ccccc2c1-c1c(C)n(-c2c(-c3ccccc3)cc(-c3nc(-c4ccccc4)nc(-c4ccc(-c5ccccc5)cc4)n3)cc2-c2ccccc2)c2ccccc12. The molecule has 298 valence electrons. The molecule has 11 rings (SSSR count). The van der Waals surface area contributed by atoms with Gasteiger partial charge >= 0.3 is 0 Å². The summed E-state index contributed by atoms with van der Waals surface area (Å²) in [6, 6.07) is 72.5. The normalized spacial score (nSPS) is 11.3. The van der Waals surface area contributed by atoms with Gasteiger partial charge in [0.15, 0.2) is 17.5 Å². The van der Waals surface area contributed by atoms with E-state index in [0.29, 0.717) is 17.5 Å². The quantitative estimate of drug-likeness (QED) is 0.146. The molecule has 0 bridgehead atoms. The molecule has 0 aliphatic heterocycles. The molecule has 0 N–H and O–H groups in total. The standard InChI is InChI=1S/C58H40N4S/c1-3-51-54(47-29-17-19-31-52(47)63-51)53-38(2)62(50-30-18-16-28-46(50)53)55-48(41-22-10-5-11-23-41)36-45(37-49(55)42-24-12-6-13-25-42)58-60-56(43-26-14-7-15-27-43)59-57(61-58)44-34-32-40(33-35-44)39-20-8-4-9-21-39/h3-37H,1H2,2H3. The molecule has 0 saturated heterocycles. The lowest BCUT2D eigenvalue weighted by molar-refractivity contribution is 1.05. The molecule has 8 aromatic carbocycles. The summed E-state index contributed by atoms with van der Waals surface area (Å²) in [4.78, 5) is 16.8. The van der Waals surface area contributed by atoms with Crippen LogP contribution in [0.2, 0.25) is 0 Å². The topological polar surface area (TPSA) is 43.6 Å². The second kappa shape index (κ2) is 16.1. The van der Waals surface area contributed by atoms with Gasteiger partial charge in [-0.3, -0.25) is 0 Å². The first-order chi connectivity index (χ1) is 31.1. The molecule has 0 unspecified atom stereocenters. The van der Waals surface area contributed by atoms with Crippen molar-refractivity contribution >= 4 is 38.4 Å². The van der Waals surface area contributed by atoms with Crippen molar-refractivity contribution in [3.63, 3.8) is 0 Å². The Labute approximate surface area is 370 Å². The molecular weight excluding hydrogens is 785 g/mol. The van der Waals surface area contributed by atoms with Gasteiger partial charge in [0.25, 0.3) is 0 Å². The first-order valence-electron chi connectivity index (χ1n) is 21.1. The van der Waals surface area contributed by atoms with Crippen LogP contribution in [0.15, 0.2) is 213 Å². The maximum atomic E-state index is 5.29. The van der Waals surface area contributed by atoms with E-state index in [1.54, 1.807) is 11.3 Å². The molecule has 0 atom stereocenters. The third-order valence-corrected chi connectivity index (χ3v) is 13.0. The fourth-order valence-corrected chi connectivity index (χ4v) is 9.97. The molecule has 11 aromatic rings. The number of fused-ring (bicyclic) bond motifs is 2. The van der Waals surface area contributed by atoms with E-state index < -0.39 is 0 Å². The average Bonchev–Trinajstić information content (AvgIpc) is 3.87. The van der Waals surface area contributed by atoms with Gasteiger partial charge in [-0.25, -0.2) is 15.0 Å². The summed E-state index contributed by atoms with van der Waals surface area (Å²) in [7, 11) is 0. The third kappa shape index (κ3) is 6.85. The fourth-order valence-electron chi connectivity index (χ4n) is 8.91. The number of aromatic nitrogens is 4. The predicted octanol–water partition coefficient (Wildman–Crippen LogP) is 15.7. The van der Waals surface area contributed by atoms with E-state index in [4.69, 9.17) is 15.0 Å². The number of thiophene rings is 1. The second-order valence-electron chi connectivity index (χ2n) is 15.6. The van der Waals surface area contributed by atoms with E-state index in [0.717, 1.165) is 67.0 Å². The molecule has 0 saturated carbocycles. The van der Waals surface area contributed by atoms with Crippen LogP contribution in [0.5, 0.6) is 0 Å². The molecule has 5 heteroatoms. The molecule has 3 aromatic heterocycles. The van der Waals surface area contributed by atoms with Gasteiger partial charge in [0.1, 0.15) is 0 Å². The van der Waals surface area contributed by atoms with Crippen molar-refractivity contribution in [1.29, 1.82) is 0 Å². The number of hydrogen-bond donors (Lipinski definition) is 0. The van der Waals surface area contributed by atoms with Crippen LogP contribution >= 0.6 is 11.3 Å². The largest absolute Gasteiger partial charge is 0.312 e. The van der Waals surface area contributed by atoms with Crippen molar-refractivity contribution in [3.8, 4) is 84.4 Å². The highest BCUT2D eigenvalue weighted by atomic mass is 32.1. The van der Waals surface area contributed by atoms with Crippen molar-refractivity contribution in [2.75, 3.05) is 0 Å². The number of benzene rings is 8. The predicted molar refractivity (Wildman–Crippen MR) is 265 cm³/mol. The zero-order valence-corrected chi connectivity index (χ0v) is 35.4. The molecule has 63 heavy (non-hydrogen) atoms. The molecule has 0 aliphatic rings. The third-order valence-electron chi connectivity index (χ3n) is 11.8.